The van der Waals surface area contributed by atoms with Crippen LogP contribution < -0.4 is 10.1 Å². The Kier molecular flexibility index (Phi) is 6.53. The number of carbonyl (C=O) groups is 1. The number of aromatic nitrogens is 1. The Balaban J connectivity index is 1.90. The molecule has 2 heterocycles. The Labute approximate surface area is 169 Å². The topological polar surface area (TPSA) is 88.6 Å². The van der Waals surface area contributed by atoms with Crippen LogP contribution >= 0.6 is 11.6 Å². The van der Waals surface area contributed by atoms with Crippen molar-refractivity contribution in [3.05, 3.63) is 47.2 Å². The number of anilines is 1. The molecule has 1 amide bonds. The van der Waals surface area contributed by atoms with Gasteiger partial charge in [0, 0.05) is 24.3 Å². The van der Waals surface area contributed by atoms with Crippen molar-refractivity contribution in [2.24, 2.45) is 0 Å². The first kappa shape index (κ1) is 20.6. The summed E-state index contributed by atoms with van der Waals surface area (Å²) < 4.78 is 32.8. The molecular weight excluding hydrogens is 402 g/mol. The van der Waals surface area contributed by atoms with Crippen molar-refractivity contribution in [3.63, 3.8) is 0 Å². The standard InChI is InChI=1S/C19H22ClN3O4S/c1-27-18-7-6-15(28(25,26)23-10-4-2-3-5-11-23)13-16(18)22-19(24)17-12-14(20)8-9-21-17/h6-9,12-13H,2-5,10-11H2,1H3,(H,22,24). The third-order valence-corrected chi connectivity index (χ3v) is 6.71. The van der Waals surface area contributed by atoms with Gasteiger partial charge >= 0.3 is 0 Å². The normalized spacial score (nSPS) is 15.6. The maximum Gasteiger partial charge on any atom is 0.274 e. The van der Waals surface area contributed by atoms with Gasteiger partial charge < -0.3 is 10.1 Å². The quantitative estimate of drug-likeness (QED) is 0.794. The zero-order chi connectivity index (χ0) is 20.1. The number of halogens is 1. The molecule has 9 heteroatoms. The fraction of sp³-hybridized carbons (Fsp3) is 0.368. The highest BCUT2D eigenvalue weighted by atomic mass is 35.5. The van der Waals surface area contributed by atoms with E-state index >= 15 is 0 Å². The summed E-state index contributed by atoms with van der Waals surface area (Å²) in [5.74, 6) is -0.157. The largest absolute Gasteiger partial charge is 0.495 e. The lowest BCUT2D eigenvalue weighted by atomic mass is 10.2. The minimum absolute atomic E-state index is 0.115. The van der Waals surface area contributed by atoms with E-state index in [0.717, 1.165) is 25.7 Å². The van der Waals surface area contributed by atoms with Gasteiger partial charge in [-0.25, -0.2) is 8.42 Å². The molecule has 0 aliphatic carbocycles. The van der Waals surface area contributed by atoms with Crippen molar-refractivity contribution in [2.45, 2.75) is 30.6 Å². The molecule has 7 nitrogen and oxygen atoms in total. The number of carbonyl (C=O) groups excluding carboxylic acids is 1. The summed E-state index contributed by atoms with van der Waals surface area (Å²) in [4.78, 5) is 16.6. The zero-order valence-electron chi connectivity index (χ0n) is 15.5. The molecule has 0 spiro atoms. The zero-order valence-corrected chi connectivity index (χ0v) is 17.1. The highest BCUT2D eigenvalue weighted by Gasteiger charge is 2.26. The number of nitrogens with zero attached hydrogens (tertiary/aromatic N) is 2. The molecule has 3 rings (SSSR count). The van der Waals surface area contributed by atoms with Crippen molar-refractivity contribution in [1.82, 2.24) is 9.29 Å². The number of sulfonamides is 1. The van der Waals surface area contributed by atoms with Crippen molar-refractivity contribution >= 4 is 33.2 Å². The first-order valence-corrected chi connectivity index (χ1v) is 10.8. The molecule has 0 bridgehead atoms. The average Bonchev–Trinajstić information content (AvgIpc) is 2.98. The highest BCUT2D eigenvalue weighted by Crippen LogP contribution is 2.30. The molecule has 1 fully saturated rings. The minimum Gasteiger partial charge on any atom is -0.495 e. The predicted molar refractivity (Wildman–Crippen MR) is 107 cm³/mol. The lowest BCUT2D eigenvalue weighted by Gasteiger charge is -2.21. The Hall–Kier alpha value is -2.16. The van der Waals surface area contributed by atoms with E-state index in [1.165, 1.54) is 41.9 Å². The second-order valence-electron chi connectivity index (χ2n) is 6.49. The van der Waals surface area contributed by atoms with Gasteiger partial charge in [0.2, 0.25) is 10.0 Å². The first-order valence-electron chi connectivity index (χ1n) is 9.03. The number of hydrogen-bond acceptors (Lipinski definition) is 5. The second kappa shape index (κ2) is 8.89. The minimum atomic E-state index is -3.65. The van der Waals surface area contributed by atoms with Gasteiger partial charge in [0.05, 0.1) is 17.7 Å². The Morgan fingerprint density at radius 3 is 2.50 bits per heavy atom. The van der Waals surface area contributed by atoms with Crippen molar-refractivity contribution in [3.8, 4) is 5.75 Å². The van der Waals surface area contributed by atoms with Gasteiger partial charge in [0.1, 0.15) is 11.4 Å². The van der Waals surface area contributed by atoms with Crippen LogP contribution in [-0.4, -0.2) is 43.8 Å². The van der Waals surface area contributed by atoms with E-state index in [1.54, 1.807) is 6.07 Å². The SMILES string of the molecule is COc1ccc(S(=O)(=O)N2CCCCCC2)cc1NC(=O)c1cc(Cl)ccn1. The number of pyridine rings is 1. The second-order valence-corrected chi connectivity index (χ2v) is 8.87. The number of amides is 1. The molecule has 0 unspecified atom stereocenters. The fourth-order valence-electron chi connectivity index (χ4n) is 3.09. The molecule has 2 aromatic rings. The number of ether oxygens (including phenoxy) is 1. The molecule has 0 saturated carbocycles. The molecule has 0 radical (unpaired) electrons. The van der Waals surface area contributed by atoms with E-state index in [0.29, 0.717) is 23.9 Å². The number of benzene rings is 1. The Morgan fingerprint density at radius 2 is 1.86 bits per heavy atom. The van der Waals surface area contributed by atoms with Gasteiger partial charge in [-0.1, -0.05) is 24.4 Å². The smallest absolute Gasteiger partial charge is 0.274 e. The Bertz CT molecular complexity index is 957. The molecule has 0 atom stereocenters. The van der Waals surface area contributed by atoms with Crippen molar-refractivity contribution < 1.29 is 17.9 Å². The van der Waals surface area contributed by atoms with Crippen LogP contribution in [0.25, 0.3) is 0 Å². The van der Waals surface area contributed by atoms with Gasteiger partial charge in [-0.05, 0) is 43.2 Å². The van der Waals surface area contributed by atoms with Crippen molar-refractivity contribution in [1.29, 1.82) is 0 Å². The predicted octanol–water partition coefficient (Wildman–Crippen LogP) is 3.56. The Morgan fingerprint density at radius 1 is 1.14 bits per heavy atom. The van der Waals surface area contributed by atoms with E-state index in [-0.39, 0.29) is 16.3 Å². The average molecular weight is 424 g/mol. The van der Waals surface area contributed by atoms with Gasteiger partial charge in [0.25, 0.3) is 5.91 Å². The van der Waals surface area contributed by atoms with E-state index in [9.17, 15) is 13.2 Å². The number of nitrogens with one attached hydrogen (secondary N) is 1. The number of methoxy groups -OCH3 is 1. The summed E-state index contributed by atoms with van der Waals surface area (Å²) in [5.41, 5.74) is 0.375. The maximum atomic E-state index is 13.0. The van der Waals surface area contributed by atoms with E-state index in [1.807, 2.05) is 0 Å². The summed E-state index contributed by atoms with van der Waals surface area (Å²) in [6.07, 6.45) is 5.18. The summed E-state index contributed by atoms with van der Waals surface area (Å²) in [6, 6.07) is 7.44. The summed E-state index contributed by atoms with van der Waals surface area (Å²) >= 11 is 5.91. The third-order valence-electron chi connectivity index (χ3n) is 4.58. The molecule has 1 aliphatic heterocycles. The van der Waals surface area contributed by atoms with E-state index < -0.39 is 15.9 Å². The molecule has 1 aromatic carbocycles. The van der Waals surface area contributed by atoms with E-state index in [2.05, 4.69) is 10.3 Å². The van der Waals surface area contributed by atoms with Gasteiger partial charge in [-0.2, -0.15) is 4.31 Å². The molecule has 1 aromatic heterocycles. The lowest BCUT2D eigenvalue weighted by molar-refractivity contribution is 0.102. The van der Waals surface area contributed by atoms with Crippen LogP contribution in [-0.2, 0) is 10.0 Å². The number of rotatable bonds is 5. The number of hydrogen-bond donors (Lipinski definition) is 1. The van der Waals surface area contributed by atoms with Crippen LogP contribution in [0.4, 0.5) is 5.69 Å². The van der Waals surface area contributed by atoms with Crippen LogP contribution in [0, 0.1) is 0 Å². The van der Waals surface area contributed by atoms with Crippen LogP contribution in [0.1, 0.15) is 36.2 Å². The van der Waals surface area contributed by atoms with Gasteiger partial charge in [-0.15, -0.1) is 0 Å². The summed E-state index contributed by atoms with van der Waals surface area (Å²) in [7, 11) is -2.20. The van der Waals surface area contributed by atoms with Crippen LogP contribution in [0.3, 0.4) is 0 Å². The monoisotopic (exact) mass is 423 g/mol. The summed E-state index contributed by atoms with van der Waals surface area (Å²) in [6.45, 7) is 1.00. The van der Waals surface area contributed by atoms with Crippen LogP contribution in [0.5, 0.6) is 5.75 Å². The highest BCUT2D eigenvalue weighted by molar-refractivity contribution is 7.89. The van der Waals surface area contributed by atoms with E-state index in [4.69, 9.17) is 16.3 Å². The molecule has 1 N–H and O–H groups in total. The molecular formula is C19H22ClN3O4S. The molecule has 150 valence electrons. The van der Waals surface area contributed by atoms with Gasteiger partial charge in [0.15, 0.2) is 0 Å². The lowest BCUT2D eigenvalue weighted by Crippen LogP contribution is -2.32. The molecule has 28 heavy (non-hydrogen) atoms. The first-order chi connectivity index (χ1) is 13.4. The van der Waals surface area contributed by atoms with Gasteiger partial charge in [-0.3, -0.25) is 9.78 Å². The third kappa shape index (κ3) is 4.63. The maximum absolute atomic E-state index is 13.0. The molecule has 1 aliphatic rings. The van der Waals surface area contributed by atoms with Crippen LogP contribution in [0.15, 0.2) is 41.4 Å². The van der Waals surface area contributed by atoms with Crippen LogP contribution in [0.2, 0.25) is 5.02 Å². The fourth-order valence-corrected chi connectivity index (χ4v) is 4.80. The van der Waals surface area contributed by atoms with Crippen molar-refractivity contribution in [2.75, 3.05) is 25.5 Å². The molecule has 1 saturated heterocycles. The summed E-state index contributed by atoms with van der Waals surface area (Å²) in [5, 5.41) is 3.04.